The first kappa shape index (κ1) is 18.6. The summed E-state index contributed by atoms with van der Waals surface area (Å²) in [6.45, 7) is 8.77. The highest BCUT2D eigenvalue weighted by Crippen LogP contribution is 2.43. The summed E-state index contributed by atoms with van der Waals surface area (Å²) >= 11 is 1.92. The van der Waals surface area contributed by atoms with Gasteiger partial charge >= 0.3 is 0 Å². The molecule has 146 valence electrons. The van der Waals surface area contributed by atoms with Crippen molar-refractivity contribution in [3.05, 3.63) is 75.2 Å². The van der Waals surface area contributed by atoms with Crippen molar-refractivity contribution < 1.29 is 0 Å². The third-order valence-electron chi connectivity index (χ3n) is 6.37. The lowest BCUT2D eigenvalue weighted by molar-refractivity contribution is 0.700. The SMILES string of the molecule is Cc1cccc(-c2cc(-c3cc(C)c(C)cc3C)nc3sc4c(c23)CCCC4)c1. The lowest BCUT2D eigenvalue weighted by Gasteiger charge is -2.15. The van der Waals surface area contributed by atoms with Crippen molar-refractivity contribution in [2.45, 2.75) is 53.4 Å². The van der Waals surface area contributed by atoms with Crippen molar-refractivity contribution in [1.29, 1.82) is 0 Å². The lowest BCUT2D eigenvalue weighted by atomic mass is 9.91. The summed E-state index contributed by atoms with van der Waals surface area (Å²) in [6.07, 6.45) is 5.01. The molecule has 1 aliphatic carbocycles. The molecule has 2 aromatic heterocycles. The van der Waals surface area contributed by atoms with Crippen LogP contribution in [0.2, 0.25) is 0 Å². The molecule has 2 heterocycles. The van der Waals surface area contributed by atoms with Crippen molar-refractivity contribution in [3.63, 3.8) is 0 Å². The first-order chi connectivity index (χ1) is 14.0. The minimum Gasteiger partial charge on any atom is -0.237 e. The van der Waals surface area contributed by atoms with Gasteiger partial charge in [-0.1, -0.05) is 35.9 Å². The zero-order valence-corrected chi connectivity index (χ0v) is 18.5. The zero-order valence-electron chi connectivity index (χ0n) is 17.7. The van der Waals surface area contributed by atoms with E-state index in [1.807, 2.05) is 11.3 Å². The number of thiophene rings is 1. The van der Waals surface area contributed by atoms with Gasteiger partial charge in [0.05, 0.1) is 5.69 Å². The van der Waals surface area contributed by atoms with E-state index in [1.165, 1.54) is 74.8 Å². The average molecular weight is 398 g/mol. The second kappa shape index (κ2) is 7.11. The molecule has 0 amide bonds. The van der Waals surface area contributed by atoms with Gasteiger partial charge in [0, 0.05) is 15.8 Å². The Morgan fingerprint density at radius 3 is 2.41 bits per heavy atom. The fourth-order valence-electron chi connectivity index (χ4n) is 4.67. The Balaban J connectivity index is 1.83. The van der Waals surface area contributed by atoms with E-state index < -0.39 is 0 Å². The van der Waals surface area contributed by atoms with Crippen LogP contribution in [0.1, 0.15) is 45.5 Å². The summed E-state index contributed by atoms with van der Waals surface area (Å²) in [4.78, 5) is 7.98. The first-order valence-corrected chi connectivity index (χ1v) is 11.4. The van der Waals surface area contributed by atoms with Crippen molar-refractivity contribution in [2.24, 2.45) is 0 Å². The highest BCUT2D eigenvalue weighted by molar-refractivity contribution is 7.19. The summed E-state index contributed by atoms with van der Waals surface area (Å²) in [5.41, 5.74) is 11.9. The van der Waals surface area contributed by atoms with E-state index in [-0.39, 0.29) is 0 Å². The molecule has 0 saturated carbocycles. The van der Waals surface area contributed by atoms with Crippen LogP contribution in [0.5, 0.6) is 0 Å². The van der Waals surface area contributed by atoms with Crippen molar-refractivity contribution in [3.8, 4) is 22.4 Å². The molecule has 4 aromatic rings. The molecule has 29 heavy (non-hydrogen) atoms. The van der Waals surface area contributed by atoms with Crippen LogP contribution in [-0.2, 0) is 12.8 Å². The fourth-order valence-corrected chi connectivity index (χ4v) is 5.96. The van der Waals surface area contributed by atoms with Gasteiger partial charge in [-0.05, 0) is 98.9 Å². The van der Waals surface area contributed by atoms with Crippen LogP contribution in [0.15, 0.2) is 42.5 Å². The van der Waals surface area contributed by atoms with Crippen molar-refractivity contribution in [1.82, 2.24) is 4.98 Å². The summed E-state index contributed by atoms with van der Waals surface area (Å²) in [5.74, 6) is 0. The van der Waals surface area contributed by atoms with Gasteiger partial charge in [0.2, 0.25) is 0 Å². The van der Waals surface area contributed by atoms with Gasteiger partial charge in [0.25, 0.3) is 0 Å². The second-order valence-electron chi connectivity index (χ2n) is 8.57. The molecule has 0 unspecified atom stereocenters. The average Bonchev–Trinajstić information content (AvgIpc) is 3.08. The topological polar surface area (TPSA) is 12.9 Å². The molecule has 5 rings (SSSR count). The summed E-state index contributed by atoms with van der Waals surface area (Å²) in [5, 5.41) is 1.40. The fraction of sp³-hybridized carbons (Fsp3) is 0.296. The Labute approximate surface area is 177 Å². The number of hydrogen-bond donors (Lipinski definition) is 0. The van der Waals surface area contributed by atoms with E-state index in [1.54, 1.807) is 10.4 Å². The van der Waals surface area contributed by atoms with Gasteiger partial charge < -0.3 is 0 Å². The van der Waals surface area contributed by atoms with Gasteiger partial charge in [-0.25, -0.2) is 4.98 Å². The quantitative estimate of drug-likeness (QED) is 0.337. The predicted octanol–water partition coefficient (Wildman–Crippen LogP) is 7.74. The number of benzene rings is 2. The van der Waals surface area contributed by atoms with Crippen LogP contribution in [-0.4, -0.2) is 4.98 Å². The molecule has 1 aliphatic rings. The van der Waals surface area contributed by atoms with E-state index in [0.29, 0.717) is 0 Å². The summed E-state index contributed by atoms with van der Waals surface area (Å²) in [6, 6.07) is 15.9. The normalized spacial score (nSPS) is 13.7. The highest BCUT2D eigenvalue weighted by Gasteiger charge is 2.21. The van der Waals surface area contributed by atoms with Gasteiger partial charge in [0.1, 0.15) is 4.83 Å². The maximum Gasteiger partial charge on any atom is 0.125 e. The highest BCUT2D eigenvalue weighted by atomic mass is 32.1. The number of hydrogen-bond acceptors (Lipinski definition) is 2. The summed E-state index contributed by atoms with van der Waals surface area (Å²) in [7, 11) is 0. The maximum absolute atomic E-state index is 5.21. The molecule has 0 fully saturated rings. The molecular weight excluding hydrogens is 370 g/mol. The Bertz CT molecular complexity index is 1250. The Morgan fingerprint density at radius 1 is 0.793 bits per heavy atom. The lowest BCUT2D eigenvalue weighted by Crippen LogP contribution is -1.99. The molecular formula is C27H27NS. The number of aromatic nitrogens is 1. The minimum absolute atomic E-state index is 1.10. The molecule has 0 spiro atoms. The summed E-state index contributed by atoms with van der Waals surface area (Å²) < 4.78 is 0. The van der Waals surface area contributed by atoms with Crippen LogP contribution >= 0.6 is 11.3 Å². The van der Waals surface area contributed by atoms with E-state index >= 15 is 0 Å². The zero-order chi connectivity index (χ0) is 20.1. The standard InChI is InChI=1S/C27H27NS/c1-16-8-7-9-20(12-16)23-15-24(22-14-18(3)17(2)13-19(22)4)28-27-26(23)21-10-5-6-11-25(21)29-27/h7-9,12-15H,5-6,10-11H2,1-4H3. The smallest absolute Gasteiger partial charge is 0.125 e. The Morgan fingerprint density at radius 2 is 1.59 bits per heavy atom. The minimum atomic E-state index is 1.10. The molecule has 0 atom stereocenters. The largest absolute Gasteiger partial charge is 0.237 e. The van der Waals surface area contributed by atoms with Gasteiger partial charge in [-0.15, -0.1) is 11.3 Å². The van der Waals surface area contributed by atoms with Gasteiger partial charge in [0.15, 0.2) is 0 Å². The molecule has 1 nitrogen and oxygen atoms in total. The second-order valence-corrected chi connectivity index (χ2v) is 9.65. The number of rotatable bonds is 2. The monoisotopic (exact) mass is 397 g/mol. The Kier molecular flexibility index (Phi) is 4.55. The predicted molar refractivity (Wildman–Crippen MR) is 126 cm³/mol. The maximum atomic E-state index is 5.21. The first-order valence-electron chi connectivity index (χ1n) is 10.6. The van der Waals surface area contributed by atoms with Crippen LogP contribution in [0.25, 0.3) is 32.6 Å². The molecule has 2 aromatic carbocycles. The molecule has 0 bridgehead atoms. The van der Waals surface area contributed by atoms with Gasteiger partial charge in [-0.3, -0.25) is 0 Å². The number of fused-ring (bicyclic) bond motifs is 3. The van der Waals surface area contributed by atoms with Crippen LogP contribution in [0.4, 0.5) is 0 Å². The van der Waals surface area contributed by atoms with E-state index in [4.69, 9.17) is 4.98 Å². The van der Waals surface area contributed by atoms with Crippen LogP contribution in [0, 0.1) is 27.7 Å². The van der Waals surface area contributed by atoms with Crippen molar-refractivity contribution in [2.75, 3.05) is 0 Å². The molecule has 0 saturated heterocycles. The number of nitrogens with zero attached hydrogens (tertiary/aromatic N) is 1. The van der Waals surface area contributed by atoms with Crippen molar-refractivity contribution >= 4 is 21.6 Å². The van der Waals surface area contributed by atoms with E-state index in [2.05, 4.69) is 70.2 Å². The Hall–Kier alpha value is -2.45. The van der Waals surface area contributed by atoms with Crippen LogP contribution in [0.3, 0.4) is 0 Å². The molecule has 0 aliphatic heterocycles. The van der Waals surface area contributed by atoms with Crippen LogP contribution < -0.4 is 0 Å². The number of pyridine rings is 1. The number of aryl methyl sites for hydroxylation is 6. The third kappa shape index (κ3) is 3.20. The third-order valence-corrected chi connectivity index (χ3v) is 7.56. The van der Waals surface area contributed by atoms with Gasteiger partial charge in [-0.2, -0.15) is 0 Å². The molecule has 0 N–H and O–H groups in total. The molecule has 2 heteroatoms. The van der Waals surface area contributed by atoms with E-state index in [0.717, 1.165) is 5.69 Å². The molecule has 0 radical (unpaired) electrons. The van der Waals surface area contributed by atoms with E-state index in [9.17, 15) is 0 Å².